The zero-order chi connectivity index (χ0) is 14.8. The van der Waals surface area contributed by atoms with Gasteiger partial charge in [0.2, 0.25) is 0 Å². The number of methoxy groups -OCH3 is 1. The van der Waals surface area contributed by atoms with E-state index in [1.807, 2.05) is 24.3 Å². The van der Waals surface area contributed by atoms with Crippen LogP contribution in [0.15, 0.2) is 24.3 Å². The Morgan fingerprint density at radius 1 is 1.24 bits per heavy atom. The van der Waals surface area contributed by atoms with E-state index in [-0.39, 0.29) is 11.7 Å². The molecule has 0 saturated carbocycles. The van der Waals surface area contributed by atoms with Gasteiger partial charge < -0.3 is 9.47 Å². The fourth-order valence-corrected chi connectivity index (χ4v) is 3.48. The van der Waals surface area contributed by atoms with Gasteiger partial charge in [-0.15, -0.1) is 0 Å². The van der Waals surface area contributed by atoms with Gasteiger partial charge in [0.1, 0.15) is 0 Å². The number of nitrogens with zero attached hydrogens (tertiary/aromatic N) is 1. The molecule has 114 valence electrons. The molecule has 0 aliphatic carbocycles. The number of morpholine rings is 1. The highest BCUT2D eigenvalue weighted by Gasteiger charge is 2.39. The molecule has 0 aromatic heterocycles. The van der Waals surface area contributed by atoms with E-state index in [9.17, 15) is 4.79 Å². The number of likely N-dealkylation sites (N-methyl/N-ethyl adjacent to an activating group) is 1. The number of piperidine rings is 1. The molecule has 0 amide bonds. The first kappa shape index (κ1) is 14.7. The van der Waals surface area contributed by atoms with E-state index in [0.29, 0.717) is 18.7 Å². The third kappa shape index (κ3) is 3.03. The molecule has 0 radical (unpaired) electrons. The summed E-state index contributed by atoms with van der Waals surface area (Å²) in [4.78, 5) is 15.1. The number of benzene rings is 1. The second-order valence-electron chi connectivity index (χ2n) is 6.17. The molecule has 2 atom stereocenters. The van der Waals surface area contributed by atoms with Crippen molar-refractivity contribution in [2.75, 3.05) is 27.4 Å². The SMILES string of the molecule is COCc1ccc(C(=O)C2CC3COCC(C2)N3C)cc1. The first-order valence-corrected chi connectivity index (χ1v) is 7.61. The summed E-state index contributed by atoms with van der Waals surface area (Å²) in [6.07, 6.45) is 1.82. The highest BCUT2D eigenvalue weighted by atomic mass is 16.5. The van der Waals surface area contributed by atoms with E-state index in [2.05, 4.69) is 11.9 Å². The van der Waals surface area contributed by atoms with Crippen LogP contribution in [0.3, 0.4) is 0 Å². The number of hydrogen-bond donors (Lipinski definition) is 0. The van der Waals surface area contributed by atoms with Crippen LogP contribution in [0.25, 0.3) is 0 Å². The molecule has 4 nitrogen and oxygen atoms in total. The molecule has 2 saturated heterocycles. The minimum absolute atomic E-state index is 0.133. The third-order valence-corrected chi connectivity index (χ3v) is 4.81. The molecular weight excluding hydrogens is 266 g/mol. The molecule has 2 heterocycles. The Kier molecular flexibility index (Phi) is 4.38. The number of hydrogen-bond acceptors (Lipinski definition) is 4. The van der Waals surface area contributed by atoms with E-state index >= 15 is 0 Å². The number of rotatable bonds is 4. The van der Waals surface area contributed by atoms with Gasteiger partial charge in [-0.2, -0.15) is 0 Å². The topological polar surface area (TPSA) is 38.8 Å². The summed E-state index contributed by atoms with van der Waals surface area (Å²) in [5, 5.41) is 0. The zero-order valence-electron chi connectivity index (χ0n) is 12.7. The lowest BCUT2D eigenvalue weighted by atomic mass is 9.81. The smallest absolute Gasteiger partial charge is 0.166 e. The van der Waals surface area contributed by atoms with Gasteiger partial charge in [-0.05, 0) is 25.5 Å². The molecule has 0 spiro atoms. The fraction of sp³-hybridized carbons (Fsp3) is 0.588. The fourth-order valence-electron chi connectivity index (χ4n) is 3.48. The second-order valence-corrected chi connectivity index (χ2v) is 6.17. The predicted octanol–water partition coefficient (Wildman–Crippen LogP) is 2.12. The standard InChI is InChI=1S/C17H23NO3/c1-18-15-7-14(8-16(18)11-21-10-15)17(19)13-5-3-12(4-6-13)9-20-2/h3-6,14-16H,7-11H2,1-2H3. The van der Waals surface area contributed by atoms with Gasteiger partial charge in [-0.25, -0.2) is 0 Å². The first-order chi connectivity index (χ1) is 10.2. The van der Waals surface area contributed by atoms with Gasteiger partial charge in [0.05, 0.1) is 19.8 Å². The van der Waals surface area contributed by atoms with E-state index in [4.69, 9.17) is 9.47 Å². The molecule has 2 aliphatic rings. The van der Waals surface area contributed by atoms with Crippen LogP contribution in [0.2, 0.25) is 0 Å². The normalized spacial score (nSPS) is 29.3. The summed E-state index contributed by atoms with van der Waals surface area (Å²) in [7, 11) is 3.83. The highest BCUT2D eigenvalue weighted by molar-refractivity contribution is 5.98. The van der Waals surface area contributed by atoms with Crippen molar-refractivity contribution in [3.63, 3.8) is 0 Å². The monoisotopic (exact) mass is 289 g/mol. The molecular formula is C17H23NO3. The van der Waals surface area contributed by atoms with Crippen molar-refractivity contribution in [1.82, 2.24) is 4.90 Å². The van der Waals surface area contributed by atoms with E-state index in [1.165, 1.54) is 0 Å². The van der Waals surface area contributed by atoms with Crippen molar-refractivity contribution < 1.29 is 14.3 Å². The summed E-state index contributed by atoms with van der Waals surface area (Å²) < 4.78 is 10.7. The van der Waals surface area contributed by atoms with E-state index in [0.717, 1.165) is 37.2 Å². The highest BCUT2D eigenvalue weighted by Crippen LogP contribution is 2.32. The maximum Gasteiger partial charge on any atom is 0.166 e. The molecule has 1 aromatic rings. The Morgan fingerprint density at radius 3 is 2.43 bits per heavy atom. The second kappa shape index (κ2) is 6.26. The Labute approximate surface area is 126 Å². The Morgan fingerprint density at radius 2 is 1.86 bits per heavy atom. The summed E-state index contributed by atoms with van der Waals surface area (Å²) in [5.74, 6) is 0.414. The number of carbonyl (C=O) groups excluding carboxylic acids is 1. The predicted molar refractivity (Wildman–Crippen MR) is 80.4 cm³/mol. The number of ketones is 1. The van der Waals surface area contributed by atoms with Crippen LogP contribution in [0, 0.1) is 5.92 Å². The molecule has 2 aliphatic heterocycles. The Hall–Kier alpha value is -1.23. The van der Waals surface area contributed by atoms with E-state index < -0.39 is 0 Å². The van der Waals surface area contributed by atoms with E-state index in [1.54, 1.807) is 7.11 Å². The minimum Gasteiger partial charge on any atom is -0.380 e. The summed E-state index contributed by atoms with van der Waals surface area (Å²) >= 11 is 0. The van der Waals surface area contributed by atoms with Crippen LogP contribution in [-0.4, -0.2) is 50.1 Å². The van der Waals surface area contributed by atoms with Crippen molar-refractivity contribution >= 4 is 5.78 Å². The van der Waals surface area contributed by atoms with Crippen LogP contribution < -0.4 is 0 Å². The quantitative estimate of drug-likeness (QED) is 0.796. The van der Waals surface area contributed by atoms with Gasteiger partial charge >= 0.3 is 0 Å². The largest absolute Gasteiger partial charge is 0.380 e. The van der Waals surface area contributed by atoms with Crippen molar-refractivity contribution in [3.8, 4) is 0 Å². The van der Waals surface area contributed by atoms with Crippen LogP contribution in [0.5, 0.6) is 0 Å². The lowest BCUT2D eigenvalue weighted by Crippen LogP contribution is -2.55. The van der Waals surface area contributed by atoms with Crippen LogP contribution >= 0.6 is 0 Å². The van der Waals surface area contributed by atoms with Crippen LogP contribution in [0.1, 0.15) is 28.8 Å². The average Bonchev–Trinajstić information content (AvgIpc) is 2.47. The molecule has 2 unspecified atom stereocenters. The molecule has 3 rings (SSSR count). The van der Waals surface area contributed by atoms with Gasteiger partial charge in [-0.3, -0.25) is 9.69 Å². The molecule has 2 bridgehead atoms. The van der Waals surface area contributed by atoms with Gasteiger partial charge in [0.25, 0.3) is 0 Å². The zero-order valence-corrected chi connectivity index (χ0v) is 12.7. The summed E-state index contributed by atoms with van der Waals surface area (Å²) in [5.41, 5.74) is 1.92. The lowest BCUT2D eigenvalue weighted by molar-refractivity contribution is -0.0702. The van der Waals surface area contributed by atoms with Gasteiger partial charge in [0.15, 0.2) is 5.78 Å². The third-order valence-electron chi connectivity index (χ3n) is 4.81. The van der Waals surface area contributed by atoms with Gasteiger partial charge in [-0.1, -0.05) is 24.3 Å². The molecule has 2 fully saturated rings. The Bertz CT molecular complexity index is 485. The van der Waals surface area contributed by atoms with Crippen molar-refractivity contribution in [3.05, 3.63) is 35.4 Å². The van der Waals surface area contributed by atoms with Crippen LogP contribution in [0.4, 0.5) is 0 Å². The number of Topliss-reactive ketones (excluding diaryl/α,β-unsaturated/α-hetero) is 1. The lowest BCUT2D eigenvalue weighted by Gasteiger charge is -2.46. The molecule has 21 heavy (non-hydrogen) atoms. The number of ether oxygens (including phenoxy) is 2. The van der Waals surface area contributed by atoms with Crippen molar-refractivity contribution in [1.29, 1.82) is 0 Å². The maximum atomic E-state index is 12.7. The summed E-state index contributed by atoms with van der Waals surface area (Å²) in [6, 6.07) is 8.60. The minimum atomic E-state index is 0.133. The molecule has 4 heteroatoms. The molecule has 0 N–H and O–H groups in total. The first-order valence-electron chi connectivity index (χ1n) is 7.61. The van der Waals surface area contributed by atoms with Crippen molar-refractivity contribution in [2.45, 2.75) is 31.5 Å². The summed E-state index contributed by atoms with van der Waals surface area (Å²) in [6.45, 7) is 2.09. The molecule has 1 aromatic carbocycles. The van der Waals surface area contributed by atoms with Gasteiger partial charge in [0, 0.05) is 30.7 Å². The number of fused-ring (bicyclic) bond motifs is 2. The number of carbonyl (C=O) groups is 1. The maximum absolute atomic E-state index is 12.7. The van der Waals surface area contributed by atoms with Crippen molar-refractivity contribution in [2.24, 2.45) is 5.92 Å². The average molecular weight is 289 g/mol. The van der Waals surface area contributed by atoms with Crippen LogP contribution in [-0.2, 0) is 16.1 Å². The Balaban J connectivity index is 1.70.